The third-order valence-electron chi connectivity index (χ3n) is 8.76. The van der Waals surface area contributed by atoms with Crippen molar-refractivity contribution in [1.82, 2.24) is 14.7 Å². The Morgan fingerprint density at radius 3 is 1.72 bits per heavy atom. The van der Waals surface area contributed by atoms with Crippen molar-refractivity contribution in [2.45, 2.75) is 105 Å². The summed E-state index contributed by atoms with van der Waals surface area (Å²) in [6.07, 6.45) is -0.240. The van der Waals surface area contributed by atoms with E-state index in [9.17, 15) is 28.4 Å². The van der Waals surface area contributed by atoms with Crippen molar-refractivity contribution in [1.29, 1.82) is 0 Å². The first-order chi connectivity index (χ1) is 21.8. The summed E-state index contributed by atoms with van der Waals surface area (Å²) in [5.41, 5.74) is 0. The van der Waals surface area contributed by atoms with Crippen LogP contribution in [0.3, 0.4) is 0 Å². The molecule has 3 fully saturated rings. The van der Waals surface area contributed by atoms with E-state index in [4.69, 9.17) is 22.8 Å². The van der Waals surface area contributed by atoms with Gasteiger partial charge in [-0.05, 0) is 33.1 Å². The van der Waals surface area contributed by atoms with Gasteiger partial charge in [-0.15, -0.1) is 0 Å². The Morgan fingerprint density at radius 1 is 0.702 bits per heavy atom. The number of nitrogens with zero attached hydrogens (tertiary/aromatic N) is 3. The molecule has 272 valence electrons. The number of carbonyl (C=O) groups excluding carboxylic acids is 3. The molecule has 3 heterocycles. The molecule has 1 N–H and O–H groups in total. The summed E-state index contributed by atoms with van der Waals surface area (Å²) in [6, 6.07) is -1.27. The van der Waals surface area contributed by atoms with Crippen LogP contribution < -0.4 is 0 Å². The van der Waals surface area contributed by atoms with E-state index in [1.54, 1.807) is 23.6 Å². The summed E-state index contributed by atoms with van der Waals surface area (Å²) < 4.78 is 55.5. The second kappa shape index (κ2) is 17.0. The Labute approximate surface area is 280 Å². The van der Waals surface area contributed by atoms with E-state index in [1.165, 1.54) is 11.6 Å². The van der Waals surface area contributed by atoms with Gasteiger partial charge < -0.3 is 33.4 Å². The molecule has 2 unspecified atom stereocenters. The normalized spacial score (nSPS) is 27.8. The number of hydrogen-bond acceptors (Lipinski definition) is 10. The highest BCUT2D eigenvalue weighted by Gasteiger charge is 2.45. The molecule has 0 spiro atoms. The third kappa shape index (κ3) is 11.3. The molecule has 0 radical (unpaired) electrons. The number of carbonyl (C=O) groups is 3. The first-order valence-electron chi connectivity index (χ1n) is 16.9. The molecule has 3 aliphatic rings. The number of amides is 3. The van der Waals surface area contributed by atoms with Crippen LogP contribution >= 0.6 is 15.4 Å². The van der Waals surface area contributed by atoms with Crippen molar-refractivity contribution in [3.05, 3.63) is 0 Å². The van der Waals surface area contributed by atoms with Crippen LogP contribution in [-0.4, -0.2) is 120 Å². The highest BCUT2D eigenvalue weighted by atomic mass is 31.2. The van der Waals surface area contributed by atoms with E-state index in [-0.39, 0.29) is 80.3 Å². The van der Waals surface area contributed by atoms with Gasteiger partial charge in [0.05, 0.1) is 50.2 Å². The van der Waals surface area contributed by atoms with Crippen molar-refractivity contribution in [3.63, 3.8) is 0 Å². The number of rotatable bonds is 16. The van der Waals surface area contributed by atoms with Crippen LogP contribution in [0, 0.1) is 23.7 Å². The third-order valence-corrected chi connectivity index (χ3v) is 11.0. The molecule has 3 saturated heterocycles. The van der Waals surface area contributed by atoms with Crippen LogP contribution in [-0.2, 0) is 46.3 Å². The predicted octanol–water partition coefficient (Wildman–Crippen LogP) is 4.16. The second-order valence-electron chi connectivity index (χ2n) is 14.2. The standard InChI is InChI=1S/C31H57N3O11P2/c1-20(2)29(35)32-13-10-24(16-32)17-43-47(39,40)45-28-12-15-34(31(37)22(5)6)26(28)19-42-46(9,38)44-27-11-14-33(30(36)21(3)4)25(27)18-41-23(7)8/h20-28H,10-19H2,1-9H3,(H,39,40)/t24-,25-,26-,27+,28+,46?/m1/s1. The fraction of sp³-hybridized carbons (Fsp3) is 0.903. The zero-order valence-electron chi connectivity index (χ0n) is 29.5. The van der Waals surface area contributed by atoms with Gasteiger partial charge in [0.2, 0.25) is 17.7 Å². The first-order valence-corrected chi connectivity index (χ1v) is 20.4. The fourth-order valence-corrected chi connectivity index (χ4v) is 8.49. The molecular weight excluding hydrogens is 652 g/mol. The molecular formula is C31H57N3O11P2. The highest BCUT2D eigenvalue weighted by Crippen LogP contribution is 2.50. The van der Waals surface area contributed by atoms with E-state index >= 15 is 0 Å². The zero-order valence-corrected chi connectivity index (χ0v) is 31.3. The molecule has 3 rings (SSSR count). The number of ether oxygens (including phenoxy) is 1. The molecule has 0 aromatic carbocycles. The van der Waals surface area contributed by atoms with Crippen LogP contribution in [0.15, 0.2) is 0 Å². The average Bonchev–Trinajstić information content (AvgIpc) is 3.71. The molecule has 3 aliphatic heterocycles. The van der Waals surface area contributed by atoms with E-state index in [0.717, 1.165) is 0 Å². The van der Waals surface area contributed by atoms with Crippen LogP contribution in [0.1, 0.15) is 74.7 Å². The molecule has 16 heteroatoms. The van der Waals surface area contributed by atoms with E-state index in [2.05, 4.69) is 0 Å². The van der Waals surface area contributed by atoms with Crippen molar-refractivity contribution in [2.24, 2.45) is 23.7 Å². The second-order valence-corrected chi connectivity index (χ2v) is 17.6. The lowest BCUT2D eigenvalue weighted by Crippen LogP contribution is -2.46. The van der Waals surface area contributed by atoms with Gasteiger partial charge in [0.25, 0.3) is 0 Å². The maximum atomic E-state index is 13.7. The quantitative estimate of drug-likeness (QED) is 0.229. The van der Waals surface area contributed by atoms with Gasteiger partial charge in [-0.3, -0.25) is 28.0 Å². The lowest BCUT2D eigenvalue weighted by molar-refractivity contribution is -0.138. The van der Waals surface area contributed by atoms with Gasteiger partial charge in [0.1, 0.15) is 0 Å². The topological polar surface area (TPSA) is 161 Å². The maximum absolute atomic E-state index is 13.7. The molecule has 14 nitrogen and oxygen atoms in total. The van der Waals surface area contributed by atoms with Crippen LogP contribution in [0.25, 0.3) is 0 Å². The molecule has 0 aliphatic carbocycles. The summed E-state index contributed by atoms with van der Waals surface area (Å²) >= 11 is 0. The predicted molar refractivity (Wildman–Crippen MR) is 176 cm³/mol. The minimum atomic E-state index is -4.56. The molecule has 0 aromatic rings. The Morgan fingerprint density at radius 2 is 1.21 bits per heavy atom. The summed E-state index contributed by atoms with van der Waals surface area (Å²) in [5, 5.41) is 0. The van der Waals surface area contributed by atoms with Gasteiger partial charge in [0.15, 0.2) is 0 Å². The summed E-state index contributed by atoms with van der Waals surface area (Å²) in [5.74, 6) is -1.03. The number of phosphoric ester groups is 1. The summed E-state index contributed by atoms with van der Waals surface area (Å²) in [4.78, 5) is 53.9. The van der Waals surface area contributed by atoms with Crippen LogP contribution in [0.4, 0.5) is 0 Å². The Bertz CT molecular complexity index is 1180. The smallest absolute Gasteiger partial charge is 0.377 e. The summed E-state index contributed by atoms with van der Waals surface area (Å²) in [6.45, 7) is 17.5. The molecule has 3 amide bonds. The van der Waals surface area contributed by atoms with E-state index < -0.39 is 39.7 Å². The largest absolute Gasteiger partial charge is 0.472 e. The molecule has 0 aromatic heterocycles. The SMILES string of the molecule is CC(C)OC[C@@H]1[C@@H](OP(C)(=O)OC[C@@H]2[C@@H](OP(=O)(O)OC[C@@H]3CCN(C(=O)C(C)C)C3)CCN2C(=O)C(C)C)CCN1C(=O)C(C)C. The average molecular weight is 710 g/mol. The van der Waals surface area contributed by atoms with Gasteiger partial charge in [-0.25, -0.2) is 4.57 Å². The maximum Gasteiger partial charge on any atom is 0.472 e. The molecule has 7 atom stereocenters. The lowest BCUT2D eigenvalue weighted by Gasteiger charge is -2.32. The zero-order chi connectivity index (χ0) is 35.3. The van der Waals surface area contributed by atoms with Crippen molar-refractivity contribution < 1.29 is 51.2 Å². The van der Waals surface area contributed by atoms with Crippen LogP contribution in [0.5, 0.6) is 0 Å². The Kier molecular flexibility index (Phi) is 14.5. The van der Waals surface area contributed by atoms with Gasteiger partial charge >= 0.3 is 15.4 Å². The minimum Gasteiger partial charge on any atom is -0.377 e. The number of phosphoric acid groups is 1. The monoisotopic (exact) mass is 709 g/mol. The van der Waals surface area contributed by atoms with Crippen LogP contribution in [0.2, 0.25) is 0 Å². The Hall–Kier alpha value is -1.37. The fourth-order valence-electron chi connectivity index (χ4n) is 6.22. The lowest BCUT2D eigenvalue weighted by atomic mass is 10.1. The Balaban J connectivity index is 1.66. The van der Waals surface area contributed by atoms with Gasteiger partial charge in [-0.2, -0.15) is 0 Å². The number of likely N-dealkylation sites (tertiary alicyclic amines) is 3. The van der Waals surface area contributed by atoms with Crippen molar-refractivity contribution >= 4 is 33.1 Å². The first kappa shape index (κ1) is 40.1. The number of hydrogen-bond donors (Lipinski definition) is 1. The molecule has 47 heavy (non-hydrogen) atoms. The molecule has 0 bridgehead atoms. The van der Waals surface area contributed by atoms with E-state index in [0.29, 0.717) is 32.5 Å². The molecule has 0 saturated carbocycles. The van der Waals surface area contributed by atoms with Gasteiger partial charge in [-0.1, -0.05) is 41.5 Å². The van der Waals surface area contributed by atoms with Crippen molar-refractivity contribution in [3.8, 4) is 0 Å². The minimum absolute atomic E-state index is 0.0329. The summed E-state index contributed by atoms with van der Waals surface area (Å²) in [7, 11) is -8.31. The van der Waals surface area contributed by atoms with Crippen molar-refractivity contribution in [2.75, 3.05) is 52.7 Å². The highest BCUT2D eigenvalue weighted by molar-refractivity contribution is 7.53. The van der Waals surface area contributed by atoms with Gasteiger partial charge in [0, 0.05) is 56.5 Å². The van der Waals surface area contributed by atoms with E-state index in [1.807, 2.05) is 41.5 Å².